The predicted octanol–water partition coefficient (Wildman–Crippen LogP) is 4.51. The number of nitrogens with one attached hydrogen (secondary N) is 1. The van der Waals surface area contributed by atoms with E-state index >= 15 is 0 Å². The molecule has 0 aliphatic carbocycles. The third-order valence-corrected chi connectivity index (χ3v) is 5.25. The lowest BCUT2D eigenvalue weighted by molar-refractivity contribution is 0.1000. The summed E-state index contributed by atoms with van der Waals surface area (Å²) in [6.07, 6.45) is 6.30. The molecule has 1 amide bonds. The van der Waals surface area contributed by atoms with Gasteiger partial charge in [-0.15, -0.1) is 0 Å². The van der Waals surface area contributed by atoms with Crippen LogP contribution in [0.1, 0.15) is 10.4 Å². The molecule has 0 radical (unpaired) electrons. The summed E-state index contributed by atoms with van der Waals surface area (Å²) in [7, 11) is 0. The normalized spacial score (nSPS) is 11.0. The van der Waals surface area contributed by atoms with Crippen LogP contribution in [0.15, 0.2) is 73.3 Å². The summed E-state index contributed by atoms with van der Waals surface area (Å²) in [5.41, 5.74) is 8.20. The lowest BCUT2D eigenvalue weighted by Crippen LogP contribution is -2.11. The third-order valence-electron chi connectivity index (χ3n) is 4.96. The molecule has 33 heavy (non-hydrogen) atoms. The van der Waals surface area contributed by atoms with Gasteiger partial charge in [-0.3, -0.25) is 9.78 Å². The van der Waals surface area contributed by atoms with Crippen molar-refractivity contribution in [1.29, 1.82) is 0 Å². The first kappa shape index (κ1) is 20.5. The quantitative estimate of drug-likeness (QED) is 0.400. The van der Waals surface area contributed by atoms with Crippen LogP contribution in [0.25, 0.3) is 27.8 Å². The minimum atomic E-state index is -0.595. The molecule has 0 saturated heterocycles. The number of carbonyl (C=O) groups excluding carboxylic acids is 1. The molecule has 3 aromatic heterocycles. The number of halogens is 2. The van der Waals surface area contributed by atoms with E-state index in [1.807, 2.05) is 24.3 Å². The first-order valence-electron chi connectivity index (χ1n) is 9.77. The van der Waals surface area contributed by atoms with Crippen molar-refractivity contribution in [1.82, 2.24) is 24.7 Å². The Labute approximate surface area is 191 Å². The number of rotatable bonds is 5. The fourth-order valence-electron chi connectivity index (χ4n) is 3.36. The number of anilines is 2. The van der Waals surface area contributed by atoms with Crippen molar-refractivity contribution < 1.29 is 9.18 Å². The van der Waals surface area contributed by atoms with E-state index in [-0.39, 0.29) is 16.5 Å². The fraction of sp³-hybridized carbons (Fsp3) is 0. The smallest absolute Gasteiger partial charge is 0.250 e. The number of aromatic nitrogens is 5. The van der Waals surface area contributed by atoms with Crippen LogP contribution in [0.4, 0.5) is 16.0 Å². The van der Waals surface area contributed by atoms with Crippen LogP contribution in [-0.2, 0) is 0 Å². The van der Waals surface area contributed by atoms with Crippen molar-refractivity contribution in [2.24, 2.45) is 5.73 Å². The van der Waals surface area contributed by atoms with Gasteiger partial charge >= 0.3 is 0 Å². The first-order chi connectivity index (χ1) is 16.0. The number of benzene rings is 2. The van der Waals surface area contributed by atoms with Crippen molar-refractivity contribution in [3.8, 4) is 16.9 Å². The van der Waals surface area contributed by atoms with Crippen LogP contribution in [-0.4, -0.2) is 30.6 Å². The molecule has 0 saturated carbocycles. The number of nitrogens with two attached hydrogens (primary N) is 1. The predicted molar refractivity (Wildman–Crippen MR) is 123 cm³/mol. The van der Waals surface area contributed by atoms with Crippen LogP contribution in [0.5, 0.6) is 0 Å². The van der Waals surface area contributed by atoms with E-state index in [0.29, 0.717) is 22.6 Å². The molecule has 0 atom stereocenters. The second-order valence-electron chi connectivity index (χ2n) is 7.13. The second-order valence-corrected chi connectivity index (χ2v) is 7.53. The highest BCUT2D eigenvalue weighted by Gasteiger charge is 2.16. The number of hydrogen-bond donors (Lipinski definition) is 2. The highest BCUT2D eigenvalue weighted by atomic mass is 35.5. The summed E-state index contributed by atoms with van der Waals surface area (Å²) in [4.78, 5) is 24.8. The molecule has 3 N–H and O–H groups in total. The van der Waals surface area contributed by atoms with Crippen LogP contribution in [0, 0.1) is 5.82 Å². The molecule has 0 fully saturated rings. The molecular formula is C23H15ClFN7O. The highest BCUT2D eigenvalue weighted by Crippen LogP contribution is 2.29. The van der Waals surface area contributed by atoms with E-state index in [2.05, 4.69) is 25.4 Å². The van der Waals surface area contributed by atoms with Crippen molar-refractivity contribution in [3.63, 3.8) is 0 Å². The molecule has 0 unspecified atom stereocenters. The Morgan fingerprint density at radius 2 is 1.91 bits per heavy atom. The summed E-state index contributed by atoms with van der Waals surface area (Å²) in [6, 6.07) is 13.5. The summed E-state index contributed by atoms with van der Waals surface area (Å²) in [5.74, 6) is -0.424. The van der Waals surface area contributed by atoms with Gasteiger partial charge in [-0.2, -0.15) is 10.1 Å². The summed E-state index contributed by atoms with van der Waals surface area (Å²) in [5, 5.41) is 8.42. The zero-order valence-electron chi connectivity index (χ0n) is 16.9. The molecule has 5 aromatic rings. The third kappa shape index (κ3) is 3.97. The zero-order valence-corrected chi connectivity index (χ0v) is 17.7. The van der Waals surface area contributed by atoms with Gasteiger partial charge in [0.15, 0.2) is 5.82 Å². The Balaban J connectivity index is 1.67. The molecule has 0 aliphatic rings. The van der Waals surface area contributed by atoms with Gasteiger partial charge in [0.25, 0.3) is 0 Å². The molecule has 3 heterocycles. The van der Waals surface area contributed by atoms with Gasteiger partial charge in [-0.25, -0.2) is 14.1 Å². The number of carbonyl (C=O) groups is 1. The van der Waals surface area contributed by atoms with Crippen LogP contribution < -0.4 is 11.1 Å². The van der Waals surface area contributed by atoms with E-state index in [1.54, 1.807) is 29.3 Å². The largest absolute Gasteiger partial charge is 0.366 e. The molecule has 10 heteroatoms. The summed E-state index contributed by atoms with van der Waals surface area (Å²) in [6.45, 7) is 0. The van der Waals surface area contributed by atoms with Crippen LogP contribution >= 0.6 is 11.6 Å². The van der Waals surface area contributed by atoms with Gasteiger partial charge in [0.1, 0.15) is 5.82 Å². The number of pyridine rings is 1. The van der Waals surface area contributed by atoms with Gasteiger partial charge in [-0.05, 0) is 30.3 Å². The highest BCUT2D eigenvalue weighted by molar-refractivity contribution is 6.31. The van der Waals surface area contributed by atoms with E-state index < -0.39 is 11.7 Å². The molecule has 0 aliphatic heterocycles. The van der Waals surface area contributed by atoms with Crippen molar-refractivity contribution in [2.75, 3.05) is 5.32 Å². The van der Waals surface area contributed by atoms with E-state index in [4.69, 9.17) is 17.3 Å². The maximum atomic E-state index is 13.5. The molecule has 2 aromatic carbocycles. The lowest BCUT2D eigenvalue weighted by Gasteiger charge is -2.13. The van der Waals surface area contributed by atoms with Gasteiger partial charge < -0.3 is 11.1 Å². The Morgan fingerprint density at radius 3 is 2.73 bits per heavy atom. The van der Waals surface area contributed by atoms with Crippen LogP contribution in [0.2, 0.25) is 5.02 Å². The molecular weight excluding hydrogens is 445 g/mol. The number of fused-ring (bicyclic) bond motifs is 1. The second kappa shape index (κ2) is 8.29. The van der Waals surface area contributed by atoms with E-state index in [0.717, 1.165) is 10.9 Å². The monoisotopic (exact) mass is 459 g/mol. The van der Waals surface area contributed by atoms with Gasteiger partial charge in [0.05, 0.1) is 22.3 Å². The van der Waals surface area contributed by atoms with E-state index in [1.165, 1.54) is 24.4 Å². The summed E-state index contributed by atoms with van der Waals surface area (Å²) < 4.78 is 15.2. The van der Waals surface area contributed by atoms with Crippen molar-refractivity contribution >= 4 is 40.0 Å². The molecule has 8 nitrogen and oxygen atoms in total. The Morgan fingerprint density at radius 1 is 1.06 bits per heavy atom. The molecule has 0 spiro atoms. The van der Waals surface area contributed by atoms with Gasteiger partial charge in [0.2, 0.25) is 11.9 Å². The average molecular weight is 460 g/mol. The number of nitrogens with zero attached hydrogens (tertiary/aromatic N) is 5. The molecule has 0 bridgehead atoms. The van der Waals surface area contributed by atoms with Crippen molar-refractivity contribution in [3.05, 3.63) is 89.7 Å². The van der Waals surface area contributed by atoms with E-state index in [9.17, 15) is 9.18 Å². The number of primary amides is 1. The molecule has 162 valence electrons. The Bertz CT molecular complexity index is 1520. The minimum absolute atomic E-state index is 0.0238. The standard InChI is InChI=1S/C23H15ClFN7O/c24-18-8-16(5-6-19(18)25)30-23-28-12-17(14-7-15(21(26)33)10-27-9-14)22(31-23)32-20-4-2-1-3-13(20)11-29-32/h1-12H,(H2,26,33)(H,28,30,31). The Hall–Kier alpha value is -4.37. The molecule has 5 rings (SSSR count). The lowest BCUT2D eigenvalue weighted by atomic mass is 10.1. The average Bonchev–Trinajstić information content (AvgIpc) is 3.25. The first-order valence-corrected chi connectivity index (χ1v) is 10.1. The SMILES string of the molecule is NC(=O)c1cncc(-c2cnc(Nc3ccc(F)c(Cl)c3)nc2-n2ncc3ccccc32)c1. The summed E-state index contributed by atoms with van der Waals surface area (Å²) >= 11 is 5.89. The topological polar surface area (TPSA) is 112 Å². The minimum Gasteiger partial charge on any atom is -0.366 e. The fourth-order valence-corrected chi connectivity index (χ4v) is 3.54. The maximum absolute atomic E-state index is 13.5. The maximum Gasteiger partial charge on any atom is 0.250 e. The van der Waals surface area contributed by atoms with Crippen molar-refractivity contribution in [2.45, 2.75) is 0 Å². The van der Waals surface area contributed by atoms with Crippen LogP contribution in [0.3, 0.4) is 0 Å². The Kier molecular flexibility index (Phi) is 5.15. The number of para-hydroxylation sites is 1. The number of amides is 1. The zero-order chi connectivity index (χ0) is 22.9. The number of hydrogen-bond acceptors (Lipinski definition) is 6. The van der Waals surface area contributed by atoms with Gasteiger partial charge in [-0.1, -0.05) is 29.8 Å². The van der Waals surface area contributed by atoms with Gasteiger partial charge in [0, 0.05) is 40.8 Å².